The molecule has 1 saturated heterocycles. The van der Waals surface area contributed by atoms with Gasteiger partial charge >= 0.3 is 0 Å². The Morgan fingerprint density at radius 1 is 1.30 bits per heavy atom. The van der Waals surface area contributed by atoms with Crippen LogP contribution in [0.15, 0.2) is 48.5 Å². The Kier molecular flexibility index (Phi) is 8.99. The van der Waals surface area contributed by atoms with Crippen LogP contribution in [-0.2, 0) is 11.2 Å². The number of aliphatic hydroxyl groups is 1. The molecule has 1 fully saturated rings. The second kappa shape index (κ2) is 12.1. The Morgan fingerprint density at radius 3 is 2.67 bits per heavy atom. The number of piperidine rings is 1. The minimum Gasteiger partial charge on any atom is -0.496 e. The van der Waals surface area contributed by atoms with E-state index in [1.165, 1.54) is 25.3 Å². The molecule has 1 aliphatic heterocycles. The normalized spacial score (nSPS) is 15.8. The fraction of sp³-hybridized carbons (Fsp3) is 0.385. The monoisotopic (exact) mass is 451 g/mol. The number of methoxy groups -OCH3 is 1. The van der Waals surface area contributed by atoms with Gasteiger partial charge in [-0.1, -0.05) is 12.1 Å². The van der Waals surface area contributed by atoms with Gasteiger partial charge in [-0.3, -0.25) is 4.79 Å². The maximum Gasteiger partial charge on any atom is 0.244 e. The number of aliphatic hydroxyl groups excluding tert-OH is 1. The summed E-state index contributed by atoms with van der Waals surface area (Å²) in [6.07, 6.45) is 5.98. The van der Waals surface area contributed by atoms with Gasteiger partial charge in [0, 0.05) is 18.2 Å². The second-order valence-corrected chi connectivity index (χ2v) is 8.36. The number of carbonyl (C=O) groups is 1. The van der Waals surface area contributed by atoms with E-state index in [9.17, 15) is 14.3 Å². The molecule has 0 aliphatic carbocycles. The van der Waals surface area contributed by atoms with Crippen molar-refractivity contribution in [2.45, 2.75) is 25.3 Å². The first-order valence-corrected chi connectivity index (χ1v) is 11.1. The zero-order valence-corrected chi connectivity index (χ0v) is 18.8. The molecule has 6 nitrogen and oxygen atoms in total. The van der Waals surface area contributed by atoms with Gasteiger partial charge in [-0.25, -0.2) is 4.39 Å². The van der Waals surface area contributed by atoms with Crippen molar-refractivity contribution in [1.82, 2.24) is 10.2 Å². The van der Waals surface area contributed by atoms with Crippen molar-refractivity contribution in [2.75, 3.05) is 33.4 Å². The summed E-state index contributed by atoms with van der Waals surface area (Å²) in [6, 6.07) is 13.4. The fourth-order valence-electron chi connectivity index (χ4n) is 4.14. The summed E-state index contributed by atoms with van der Waals surface area (Å²) in [7, 11) is 1.53. The third-order valence-corrected chi connectivity index (χ3v) is 5.96. The van der Waals surface area contributed by atoms with Gasteiger partial charge < -0.3 is 20.1 Å². The van der Waals surface area contributed by atoms with Gasteiger partial charge in [0.05, 0.1) is 31.4 Å². The minimum atomic E-state index is -0.372. The van der Waals surface area contributed by atoms with E-state index < -0.39 is 0 Å². The summed E-state index contributed by atoms with van der Waals surface area (Å²) in [6.45, 7) is 2.22. The molecule has 1 amide bonds. The van der Waals surface area contributed by atoms with Gasteiger partial charge in [0.15, 0.2) is 0 Å². The van der Waals surface area contributed by atoms with E-state index in [1.54, 1.807) is 24.3 Å². The third kappa shape index (κ3) is 7.41. The number of amides is 1. The van der Waals surface area contributed by atoms with Crippen LogP contribution in [-0.4, -0.2) is 55.3 Å². The lowest BCUT2D eigenvalue weighted by Crippen LogP contribution is -2.47. The lowest BCUT2D eigenvalue weighted by molar-refractivity contribution is -0.117. The molecular formula is C26H30FN3O3. The maximum absolute atomic E-state index is 13.1. The smallest absolute Gasteiger partial charge is 0.244 e. The maximum atomic E-state index is 13.1. The lowest BCUT2D eigenvalue weighted by Gasteiger charge is -2.34. The van der Waals surface area contributed by atoms with Crippen molar-refractivity contribution in [3.63, 3.8) is 0 Å². The van der Waals surface area contributed by atoms with Crippen LogP contribution in [0.2, 0.25) is 0 Å². The Hall–Kier alpha value is -3.21. The molecular weight excluding hydrogens is 421 g/mol. The Balaban J connectivity index is 1.47. The fourth-order valence-corrected chi connectivity index (χ4v) is 4.14. The number of ether oxygens (including phenoxy) is 1. The van der Waals surface area contributed by atoms with Crippen LogP contribution >= 0.6 is 0 Å². The second-order valence-electron chi connectivity index (χ2n) is 8.36. The predicted molar refractivity (Wildman–Crippen MR) is 125 cm³/mol. The van der Waals surface area contributed by atoms with Gasteiger partial charge in [-0.05, 0) is 80.2 Å². The van der Waals surface area contributed by atoms with Gasteiger partial charge in [0.25, 0.3) is 0 Å². The number of nitrogens with one attached hydrogen (secondary N) is 1. The highest BCUT2D eigenvalue weighted by Crippen LogP contribution is 2.23. The van der Waals surface area contributed by atoms with Gasteiger partial charge in [0.1, 0.15) is 11.6 Å². The van der Waals surface area contributed by atoms with Crippen molar-refractivity contribution < 1.29 is 19.0 Å². The summed E-state index contributed by atoms with van der Waals surface area (Å²) in [5, 5.41) is 21.7. The molecule has 174 valence electrons. The first-order valence-electron chi connectivity index (χ1n) is 11.1. The molecule has 2 aromatic rings. The molecule has 2 aromatic carbocycles. The highest BCUT2D eigenvalue weighted by molar-refractivity contribution is 5.92. The van der Waals surface area contributed by atoms with E-state index in [0.717, 1.165) is 37.9 Å². The Morgan fingerprint density at radius 2 is 2.03 bits per heavy atom. The molecule has 0 bridgehead atoms. The van der Waals surface area contributed by atoms with Crippen LogP contribution in [0, 0.1) is 23.1 Å². The number of hydrogen-bond acceptors (Lipinski definition) is 5. The first-order chi connectivity index (χ1) is 16.0. The lowest BCUT2D eigenvalue weighted by atomic mass is 9.90. The number of nitriles is 1. The average Bonchev–Trinajstić information content (AvgIpc) is 2.84. The highest BCUT2D eigenvalue weighted by atomic mass is 19.1. The SMILES string of the molecule is COc1ccc(C#N)cc1C=CC(=O)N[C@H](CO)CN1CCC(Cc2ccc(F)cc2)CC1. The van der Waals surface area contributed by atoms with E-state index in [-0.39, 0.29) is 24.4 Å². The molecule has 2 N–H and O–H groups in total. The van der Waals surface area contributed by atoms with Crippen LogP contribution in [0.1, 0.15) is 29.5 Å². The standard InChI is InChI=1S/C26H30FN3O3/c1-33-25-8-4-21(16-28)15-22(25)5-9-26(32)29-24(18-31)17-30-12-10-20(11-13-30)14-19-2-6-23(27)7-3-19/h2-9,15,20,24,31H,10-14,17-18H2,1H3,(H,29,32)/t24-/m0/s1. The van der Waals surface area contributed by atoms with Crippen molar-refractivity contribution in [3.8, 4) is 11.8 Å². The average molecular weight is 452 g/mol. The van der Waals surface area contributed by atoms with Crippen LogP contribution in [0.4, 0.5) is 4.39 Å². The number of benzene rings is 2. The highest BCUT2D eigenvalue weighted by Gasteiger charge is 2.22. The Bertz CT molecular complexity index is 993. The molecule has 0 unspecified atom stereocenters. The van der Waals surface area contributed by atoms with Gasteiger partial charge in [-0.15, -0.1) is 0 Å². The van der Waals surface area contributed by atoms with Crippen molar-refractivity contribution in [3.05, 3.63) is 71.0 Å². The van der Waals surface area contributed by atoms with Crippen molar-refractivity contribution >= 4 is 12.0 Å². The minimum absolute atomic E-state index is 0.150. The Labute approximate surface area is 194 Å². The summed E-state index contributed by atoms with van der Waals surface area (Å²) in [5.74, 6) is 0.594. The predicted octanol–water partition coefficient (Wildman–Crippen LogP) is 3.15. The largest absolute Gasteiger partial charge is 0.496 e. The molecule has 0 radical (unpaired) electrons. The molecule has 0 spiro atoms. The number of hydrogen-bond donors (Lipinski definition) is 2. The van der Waals surface area contributed by atoms with Crippen LogP contribution in [0.5, 0.6) is 5.75 Å². The number of rotatable bonds is 9. The van der Waals surface area contributed by atoms with Crippen molar-refractivity contribution in [2.24, 2.45) is 5.92 Å². The molecule has 33 heavy (non-hydrogen) atoms. The number of nitrogens with zero attached hydrogens (tertiary/aromatic N) is 2. The van der Waals surface area contributed by atoms with Crippen LogP contribution in [0.25, 0.3) is 6.08 Å². The molecule has 0 aromatic heterocycles. The van der Waals surface area contributed by atoms with Gasteiger partial charge in [-0.2, -0.15) is 5.26 Å². The van der Waals surface area contributed by atoms with Crippen LogP contribution < -0.4 is 10.1 Å². The molecule has 1 aliphatic rings. The summed E-state index contributed by atoms with van der Waals surface area (Å²) in [5.41, 5.74) is 2.27. The zero-order valence-electron chi connectivity index (χ0n) is 18.8. The molecule has 0 saturated carbocycles. The first kappa shape index (κ1) is 24.4. The van der Waals surface area contributed by atoms with E-state index in [2.05, 4.69) is 16.3 Å². The summed E-state index contributed by atoms with van der Waals surface area (Å²) < 4.78 is 18.4. The number of likely N-dealkylation sites (tertiary alicyclic amines) is 1. The number of carbonyl (C=O) groups excluding carboxylic acids is 1. The zero-order chi connectivity index (χ0) is 23.6. The number of halogens is 1. The molecule has 1 atom stereocenters. The summed E-state index contributed by atoms with van der Waals surface area (Å²) in [4.78, 5) is 14.7. The third-order valence-electron chi connectivity index (χ3n) is 5.96. The summed E-state index contributed by atoms with van der Waals surface area (Å²) >= 11 is 0. The van der Waals surface area contributed by atoms with Crippen LogP contribution in [0.3, 0.4) is 0 Å². The van der Waals surface area contributed by atoms with E-state index in [4.69, 9.17) is 10.00 Å². The van der Waals surface area contributed by atoms with Gasteiger partial charge in [0.2, 0.25) is 5.91 Å². The van der Waals surface area contributed by atoms with Crippen molar-refractivity contribution in [1.29, 1.82) is 5.26 Å². The molecule has 1 heterocycles. The van der Waals surface area contributed by atoms with E-state index >= 15 is 0 Å². The quantitative estimate of drug-likeness (QED) is 0.572. The topological polar surface area (TPSA) is 85.6 Å². The molecule has 7 heteroatoms. The molecule has 3 rings (SSSR count). The van der Waals surface area contributed by atoms with E-state index in [1.807, 2.05) is 12.1 Å². The van der Waals surface area contributed by atoms with E-state index in [0.29, 0.717) is 29.3 Å².